The zero-order valence-electron chi connectivity index (χ0n) is 20.6. The number of aryl methyl sites for hydroxylation is 1. The molecule has 2 bridgehead atoms. The van der Waals surface area contributed by atoms with Crippen molar-refractivity contribution >= 4 is 46.3 Å². The van der Waals surface area contributed by atoms with Crippen LogP contribution in [0.2, 0.25) is 5.02 Å². The number of benzene rings is 1. The highest BCUT2D eigenvalue weighted by atomic mass is 35.5. The monoisotopic (exact) mass is 539 g/mol. The molecule has 2 saturated heterocycles. The van der Waals surface area contributed by atoms with Gasteiger partial charge in [-0.3, -0.25) is 14.4 Å². The second kappa shape index (κ2) is 9.57. The van der Waals surface area contributed by atoms with Crippen molar-refractivity contribution in [2.75, 3.05) is 5.32 Å². The first kappa shape index (κ1) is 24.6. The van der Waals surface area contributed by atoms with Gasteiger partial charge < -0.3 is 20.3 Å². The van der Waals surface area contributed by atoms with E-state index in [1.165, 1.54) is 6.42 Å². The van der Waals surface area contributed by atoms with Crippen molar-refractivity contribution in [3.8, 4) is 0 Å². The first-order valence-corrected chi connectivity index (χ1v) is 14.2. The van der Waals surface area contributed by atoms with E-state index >= 15 is 0 Å². The molecule has 1 aromatic carbocycles. The highest BCUT2D eigenvalue weighted by Crippen LogP contribution is 2.55. The predicted octanol–water partition coefficient (Wildman–Crippen LogP) is 4.45. The van der Waals surface area contributed by atoms with E-state index in [1.807, 2.05) is 42.7 Å². The number of thiophene rings is 1. The van der Waals surface area contributed by atoms with Crippen LogP contribution in [0.15, 0.2) is 47.9 Å². The van der Waals surface area contributed by atoms with Crippen LogP contribution in [-0.2, 0) is 25.7 Å². The van der Waals surface area contributed by atoms with Crippen LogP contribution in [0, 0.1) is 18.8 Å². The number of hydrogen-bond acceptors (Lipinski definition) is 5. The molecule has 37 heavy (non-hydrogen) atoms. The van der Waals surface area contributed by atoms with Crippen molar-refractivity contribution < 1.29 is 19.1 Å². The number of nitrogens with zero attached hydrogens (tertiary/aromatic N) is 1. The molecule has 2 N–H and O–H groups in total. The van der Waals surface area contributed by atoms with E-state index in [1.54, 1.807) is 28.4 Å². The van der Waals surface area contributed by atoms with Crippen LogP contribution >= 0.6 is 22.9 Å². The zero-order valence-corrected chi connectivity index (χ0v) is 22.2. The summed E-state index contributed by atoms with van der Waals surface area (Å²) in [7, 11) is 0. The summed E-state index contributed by atoms with van der Waals surface area (Å²) in [6, 6.07) is 8.49. The zero-order chi connectivity index (χ0) is 25.7. The topological polar surface area (TPSA) is 87.7 Å². The molecule has 1 aromatic heterocycles. The number of amides is 3. The average molecular weight is 540 g/mol. The molecule has 1 spiro atoms. The van der Waals surface area contributed by atoms with Crippen LogP contribution in [0.3, 0.4) is 0 Å². The Morgan fingerprint density at radius 1 is 1.19 bits per heavy atom. The Bertz CT molecular complexity index is 1260. The summed E-state index contributed by atoms with van der Waals surface area (Å²) in [5, 5.41) is 8.66. The second-order valence-corrected chi connectivity index (χ2v) is 12.0. The number of fused-ring (bicyclic) bond motifs is 1. The van der Waals surface area contributed by atoms with Crippen molar-refractivity contribution in [3.63, 3.8) is 0 Å². The molecule has 2 aromatic rings. The third kappa shape index (κ3) is 4.19. The lowest BCUT2D eigenvalue weighted by molar-refractivity contribution is -0.142. The van der Waals surface area contributed by atoms with E-state index < -0.39 is 29.6 Å². The van der Waals surface area contributed by atoms with Crippen molar-refractivity contribution in [3.05, 3.63) is 63.3 Å². The van der Waals surface area contributed by atoms with Gasteiger partial charge in [0.2, 0.25) is 17.7 Å². The summed E-state index contributed by atoms with van der Waals surface area (Å²) in [5.74, 6) is -2.23. The molecular formula is C28H30ClN3O4S. The molecule has 4 heterocycles. The minimum absolute atomic E-state index is 0.100. The van der Waals surface area contributed by atoms with E-state index in [-0.39, 0.29) is 23.8 Å². The fourth-order valence-corrected chi connectivity index (χ4v) is 7.31. The molecule has 7 nitrogen and oxygen atoms in total. The highest BCUT2D eigenvalue weighted by Gasteiger charge is 2.72. The normalized spacial score (nSPS) is 30.5. The van der Waals surface area contributed by atoms with Crippen molar-refractivity contribution in [1.82, 2.24) is 10.2 Å². The second-order valence-electron chi connectivity index (χ2n) is 10.5. The first-order valence-electron chi connectivity index (χ1n) is 12.9. The number of carbonyl (C=O) groups is 3. The van der Waals surface area contributed by atoms with Crippen LogP contribution < -0.4 is 10.6 Å². The number of ether oxygens (including phenoxy) is 1. The number of likely N-dealkylation sites (tertiary alicyclic amines) is 1. The van der Waals surface area contributed by atoms with Gasteiger partial charge in [-0.2, -0.15) is 0 Å². The molecule has 3 aliphatic heterocycles. The first-order chi connectivity index (χ1) is 17.9. The number of hydrogen-bond donors (Lipinski definition) is 2. The van der Waals surface area contributed by atoms with Gasteiger partial charge in [-0.15, -0.1) is 11.3 Å². The number of carbonyl (C=O) groups excluding carboxylic acids is 3. The Kier molecular flexibility index (Phi) is 6.37. The van der Waals surface area contributed by atoms with Gasteiger partial charge in [-0.1, -0.05) is 55.1 Å². The molecule has 9 heteroatoms. The molecule has 6 rings (SSSR count). The quantitative estimate of drug-likeness (QED) is 0.531. The number of anilines is 1. The van der Waals surface area contributed by atoms with E-state index in [0.717, 1.165) is 36.1 Å². The van der Waals surface area contributed by atoms with Crippen LogP contribution in [0.25, 0.3) is 0 Å². The number of nitrogens with one attached hydrogen (secondary N) is 2. The molecule has 5 atom stereocenters. The van der Waals surface area contributed by atoms with Gasteiger partial charge in [-0.05, 0) is 48.9 Å². The molecule has 1 aliphatic carbocycles. The fraction of sp³-hybridized carbons (Fsp3) is 0.464. The summed E-state index contributed by atoms with van der Waals surface area (Å²) in [5.41, 5.74) is 0.311. The maximum Gasteiger partial charge on any atom is 0.246 e. The lowest BCUT2D eigenvalue weighted by Crippen LogP contribution is -2.56. The van der Waals surface area contributed by atoms with Gasteiger partial charge in [0.1, 0.15) is 11.6 Å². The van der Waals surface area contributed by atoms with E-state index in [0.29, 0.717) is 17.3 Å². The van der Waals surface area contributed by atoms with Crippen LogP contribution in [0.1, 0.15) is 42.5 Å². The summed E-state index contributed by atoms with van der Waals surface area (Å²) in [6.07, 6.45) is 8.37. The largest absolute Gasteiger partial charge is 0.359 e. The van der Waals surface area contributed by atoms with Crippen molar-refractivity contribution in [1.29, 1.82) is 0 Å². The third-order valence-electron chi connectivity index (χ3n) is 8.22. The third-order valence-corrected chi connectivity index (χ3v) is 9.49. The smallest absolute Gasteiger partial charge is 0.246 e. The van der Waals surface area contributed by atoms with Gasteiger partial charge >= 0.3 is 0 Å². The summed E-state index contributed by atoms with van der Waals surface area (Å²) in [6.45, 7) is 2.20. The Morgan fingerprint density at radius 3 is 2.73 bits per heavy atom. The fourth-order valence-electron chi connectivity index (χ4n) is 6.43. The number of halogens is 1. The summed E-state index contributed by atoms with van der Waals surface area (Å²) < 4.78 is 6.42. The minimum atomic E-state index is -1.16. The lowest BCUT2D eigenvalue weighted by Gasteiger charge is -2.34. The molecular weight excluding hydrogens is 510 g/mol. The lowest BCUT2D eigenvalue weighted by atomic mass is 9.74. The van der Waals surface area contributed by atoms with E-state index in [9.17, 15) is 14.4 Å². The maximum absolute atomic E-state index is 14.0. The molecule has 1 saturated carbocycles. The van der Waals surface area contributed by atoms with Gasteiger partial charge in [0.05, 0.1) is 24.5 Å². The van der Waals surface area contributed by atoms with Gasteiger partial charge in [0.25, 0.3) is 0 Å². The predicted molar refractivity (Wildman–Crippen MR) is 142 cm³/mol. The van der Waals surface area contributed by atoms with Gasteiger partial charge in [0.15, 0.2) is 0 Å². The molecule has 194 valence electrons. The van der Waals surface area contributed by atoms with Crippen LogP contribution in [-0.4, -0.2) is 46.4 Å². The summed E-state index contributed by atoms with van der Waals surface area (Å²) >= 11 is 7.80. The maximum atomic E-state index is 14.0. The Morgan fingerprint density at radius 2 is 2.00 bits per heavy atom. The van der Waals surface area contributed by atoms with Gasteiger partial charge in [0, 0.05) is 21.6 Å². The molecule has 5 unspecified atom stereocenters. The van der Waals surface area contributed by atoms with Crippen LogP contribution in [0.5, 0.6) is 0 Å². The minimum Gasteiger partial charge on any atom is -0.359 e. The highest BCUT2D eigenvalue weighted by molar-refractivity contribution is 7.09. The molecule has 0 radical (unpaired) electrons. The van der Waals surface area contributed by atoms with Crippen LogP contribution in [0.4, 0.5) is 5.69 Å². The van der Waals surface area contributed by atoms with E-state index in [2.05, 4.69) is 10.6 Å². The number of rotatable bonds is 6. The molecule has 3 fully saturated rings. The average Bonchev–Trinajstić information content (AvgIpc) is 3.65. The Balaban J connectivity index is 1.31. The summed E-state index contributed by atoms with van der Waals surface area (Å²) in [4.78, 5) is 44.0. The van der Waals surface area contributed by atoms with Gasteiger partial charge in [-0.25, -0.2) is 0 Å². The standard InChI is InChI=1S/C28H30ClN3O4S/c1-16-9-10-18(14-20(16)29)31-25(33)22-21-11-12-28(36-21)23(22)27(35)32(15-19-8-5-13-37-19)24(28)26(34)30-17-6-3-2-4-7-17/h5,8-14,17,21-24H,2-4,6-7,15H2,1H3,(H,30,34)(H,31,33). The Labute approximate surface area is 225 Å². The van der Waals surface area contributed by atoms with Crippen molar-refractivity contribution in [2.45, 2.75) is 69.4 Å². The SMILES string of the molecule is Cc1ccc(NC(=O)C2C3C=CC4(O3)C2C(=O)N(Cc2cccs2)C4C(=O)NC2CCCCC2)cc1Cl. The molecule has 4 aliphatic rings. The van der Waals surface area contributed by atoms with Crippen molar-refractivity contribution in [2.24, 2.45) is 11.8 Å². The Hall–Kier alpha value is -2.68. The molecule has 3 amide bonds. The van der Waals surface area contributed by atoms with E-state index in [4.69, 9.17) is 16.3 Å².